The van der Waals surface area contributed by atoms with Gasteiger partial charge in [-0.3, -0.25) is 9.59 Å². The van der Waals surface area contributed by atoms with Gasteiger partial charge in [-0.15, -0.1) is 0 Å². The van der Waals surface area contributed by atoms with Crippen LogP contribution < -0.4 is 4.74 Å². The summed E-state index contributed by atoms with van der Waals surface area (Å²) in [6, 6.07) is 3.96. The Morgan fingerprint density at radius 2 is 1.52 bits per heavy atom. The minimum absolute atomic E-state index is 0.0279. The average molecular weight is 477 g/mol. The lowest BCUT2D eigenvalue weighted by Gasteiger charge is -2.31. The zero-order valence-corrected chi connectivity index (χ0v) is 15.4. The van der Waals surface area contributed by atoms with E-state index in [9.17, 15) is 44.7 Å². The molecule has 0 heterocycles. The SMILES string of the molecule is O=C(CCC(=O)Oc1cccc(Cl)c1Cl)OCC(F)(F)C(F)(F)C(F)(F)C(F)F. The molecule has 1 aromatic carbocycles. The van der Waals surface area contributed by atoms with Crippen LogP contribution in [0.1, 0.15) is 12.8 Å². The topological polar surface area (TPSA) is 52.6 Å². The normalized spacial score (nSPS) is 12.8. The molecule has 164 valence electrons. The molecule has 1 aromatic rings. The summed E-state index contributed by atoms with van der Waals surface area (Å²) in [6.45, 7) is -2.61. The fraction of sp³-hybridized carbons (Fsp3) is 0.467. The highest BCUT2D eigenvalue weighted by Crippen LogP contribution is 2.48. The lowest BCUT2D eigenvalue weighted by molar-refractivity contribution is -0.344. The maximum atomic E-state index is 13.2. The molecule has 0 aromatic heterocycles. The summed E-state index contributed by atoms with van der Waals surface area (Å²) in [5.74, 6) is -21.7. The maximum Gasteiger partial charge on any atom is 0.381 e. The molecule has 0 unspecified atom stereocenters. The molecule has 0 aliphatic carbocycles. The van der Waals surface area contributed by atoms with E-state index in [1.54, 1.807) is 0 Å². The van der Waals surface area contributed by atoms with Gasteiger partial charge in [0.25, 0.3) is 0 Å². The number of halogens is 10. The monoisotopic (exact) mass is 476 g/mol. The van der Waals surface area contributed by atoms with Gasteiger partial charge in [-0.2, -0.15) is 26.3 Å². The van der Waals surface area contributed by atoms with E-state index in [-0.39, 0.29) is 15.8 Å². The summed E-state index contributed by atoms with van der Waals surface area (Å²) >= 11 is 11.4. The summed E-state index contributed by atoms with van der Waals surface area (Å²) in [5, 5.41) is -0.118. The summed E-state index contributed by atoms with van der Waals surface area (Å²) in [6.07, 6.45) is -6.85. The first kappa shape index (κ1) is 25.2. The number of carbonyl (C=O) groups is 2. The molecule has 0 fully saturated rings. The summed E-state index contributed by atoms with van der Waals surface area (Å²) in [7, 11) is 0. The Bertz CT molecular complexity index is 758. The van der Waals surface area contributed by atoms with E-state index in [4.69, 9.17) is 27.9 Å². The molecule has 14 heteroatoms. The first-order valence-corrected chi connectivity index (χ1v) is 8.11. The van der Waals surface area contributed by atoms with Gasteiger partial charge in [0, 0.05) is 0 Å². The first-order chi connectivity index (χ1) is 13.1. The van der Waals surface area contributed by atoms with Gasteiger partial charge in [0.1, 0.15) is 5.02 Å². The Morgan fingerprint density at radius 3 is 2.07 bits per heavy atom. The van der Waals surface area contributed by atoms with E-state index in [1.807, 2.05) is 0 Å². The molecule has 0 saturated carbocycles. The molecule has 0 amide bonds. The number of esters is 2. The standard InChI is InChI=1S/C15H10Cl2F8O4/c16-7-2-1-3-8(11(7)17)29-10(27)5-4-9(26)28-6-13(20,21)15(24,25)14(22,23)12(18)19/h1-3,12H,4-6H2. The van der Waals surface area contributed by atoms with Gasteiger partial charge in [0.05, 0.1) is 17.9 Å². The molecule has 0 spiro atoms. The second kappa shape index (κ2) is 9.33. The van der Waals surface area contributed by atoms with E-state index in [0.717, 1.165) is 0 Å². The molecule has 0 saturated heterocycles. The van der Waals surface area contributed by atoms with E-state index in [0.29, 0.717) is 0 Å². The Morgan fingerprint density at radius 1 is 0.966 bits per heavy atom. The average Bonchev–Trinajstić information content (AvgIpc) is 2.61. The van der Waals surface area contributed by atoms with E-state index in [2.05, 4.69) is 4.74 Å². The van der Waals surface area contributed by atoms with Crippen molar-refractivity contribution in [2.24, 2.45) is 0 Å². The van der Waals surface area contributed by atoms with Crippen LogP contribution in [0.25, 0.3) is 0 Å². The number of alkyl halides is 8. The number of ether oxygens (including phenoxy) is 2. The quantitative estimate of drug-likeness (QED) is 0.272. The van der Waals surface area contributed by atoms with Crippen molar-refractivity contribution in [3.63, 3.8) is 0 Å². The third kappa shape index (κ3) is 5.84. The van der Waals surface area contributed by atoms with Crippen molar-refractivity contribution < 1.29 is 54.2 Å². The van der Waals surface area contributed by atoms with Crippen molar-refractivity contribution in [2.45, 2.75) is 37.0 Å². The largest absolute Gasteiger partial charge is 0.459 e. The van der Waals surface area contributed by atoms with Crippen molar-refractivity contribution in [3.05, 3.63) is 28.2 Å². The van der Waals surface area contributed by atoms with Crippen LogP contribution in [0.2, 0.25) is 10.0 Å². The molecule has 0 aliphatic heterocycles. The molecule has 0 N–H and O–H groups in total. The second-order valence-electron chi connectivity index (χ2n) is 5.39. The molecule has 0 atom stereocenters. The minimum Gasteiger partial charge on any atom is -0.459 e. The smallest absolute Gasteiger partial charge is 0.381 e. The molecule has 1 rings (SSSR count). The lowest BCUT2D eigenvalue weighted by atomic mass is 10.1. The van der Waals surface area contributed by atoms with Gasteiger partial charge in [-0.05, 0) is 12.1 Å². The Hall–Kier alpha value is -1.82. The fourth-order valence-electron chi connectivity index (χ4n) is 1.66. The van der Waals surface area contributed by atoms with E-state index >= 15 is 0 Å². The highest BCUT2D eigenvalue weighted by atomic mass is 35.5. The fourth-order valence-corrected chi connectivity index (χ4v) is 1.99. The second-order valence-corrected chi connectivity index (χ2v) is 6.17. The van der Waals surface area contributed by atoms with Crippen LogP contribution in [-0.4, -0.2) is 42.7 Å². The molecule has 4 nitrogen and oxygen atoms in total. The molecular weight excluding hydrogens is 467 g/mol. The van der Waals surface area contributed by atoms with Crippen LogP contribution in [0.4, 0.5) is 35.1 Å². The Kier molecular flexibility index (Phi) is 8.11. The number of hydrogen-bond donors (Lipinski definition) is 0. The van der Waals surface area contributed by atoms with Crippen molar-refractivity contribution in [3.8, 4) is 5.75 Å². The number of carbonyl (C=O) groups excluding carboxylic acids is 2. The maximum absolute atomic E-state index is 13.2. The predicted molar refractivity (Wildman–Crippen MR) is 83.1 cm³/mol. The third-order valence-corrected chi connectivity index (χ3v) is 4.04. The minimum atomic E-state index is -6.50. The number of rotatable bonds is 9. The molecule has 29 heavy (non-hydrogen) atoms. The molecule has 0 radical (unpaired) electrons. The van der Waals surface area contributed by atoms with Crippen LogP contribution in [0.15, 0.2) is 18.2 Å². The van der Waals surface area contributed by atoms with Gasteiger partial charge >= 0.3 is 36.1 Å². The lowest BCUT2D eigenvalue weighted by Crippen LogP contribution is -2.59. The predicted octanol–water partition coefficient (Wildman–Crippen LogP) is 5.39. The van der Waals surface area contributed by atoms with Gasteiger partial charge in [0.2, 0.25) is 0 Å². The van der Waals surface area contributed by atoms with Gasteiger partial charge in [-0.1, -0.05) is 29.3 Å². The number of hydrogen-bond acceptors (Lipinski definition) is 4. The number of benzene rings is 1. The van der Waals surface area contributed by atoms with Crippen LogP contribution in [-0.2, 0) is 14.3 Å². The van der Waals surface area contributed by atoms with Crippen LogP contribution in [0.5, 0.6) is 5.75 Å². The summed E-state index contributed by atoms with van der Waals surface area (Å²) < 4.78 is 110. The molecule has 0 bridgehead atoms. The van der Waals surface area contributed by atoms with Crippen molar-refractivity contribution in [1.82, 2.24) is 0 Å². The van der Waals surface area contributed by atoms with E-state index in [1.165, 1.54) is 18.2 Å². The van der Waals surface area contributed by atoms with Gasteiger partial charge < -0.3 is 9.47 Å². The summed E-state index contributed by atoms with van der Waals surface area (Å²) in [5.41, 5.74) is 0. The first-order valence-electron chi connectivity index (χ1n) is 7.35. The zero-order valence-electron chi connectivity index (χ0n) is 13.8. The van der Waals surface area contributed by atoms with Crippen LogP contribution in [0, 0.1) is 0 Å². The van der Waals surface area contributed by atoms with Crippen LogP contribution >= 0.6 is 23.2 Å². The van der Waals surface area contributed by atoms with Gasteiger partial charge in [-0.25, -0.2) is 8.78 Å². The Labute approximate surface area is 167 Å². The summed E-state index contributed by atoms with van der Waals surface area (Å²) in [4.78, 5) is 22.9. The van der Waals surface area contributed by atoms with Gasteiger partial charge in [0.15, 0.2) is 12.4 Å². The highest BCUT2D eigenvalue weighted by Gasteiger charge is 2.75. The van der Waals surface area contributed by atoms with Crippen molar-refractivity contribution in [2.75, 3.05) is 6.61 Å². The Balaban J connectivity index is 2.60. The zero-order chi connectivity index (χ0) is 22.6. The highest BCUT2D eigenvalue weighted by molar-refractivity contribution is 6.43. The van der Waals surface area contributed by atoms with Crippen LogP contribution in [0.3, 0.4) is 0 Å². The van der Waals surface area contributed by atoms with Crippen molar-refractivity contribution >= 4 is 35.1 Å². The molecule has 0 aliphatic rings. The van der Waals surface area contributed by atoms with Crippen molar-refractivity contribution in [1.29, 1.82) is 0 Å². The third-order valence-electron chi connectivity index (χ3n) is 3.24. The van der Waals surface area contributed by atoms with E-state index < -0.39 is 55.6 Å². The molecular formula is C15H10Cl2F8O4.